The number of halogens is 3. The Morgan fingerprint density at radius 1 is 0.889 bits per heavy atom. The van der Waals surface area contributed by atoms with Crippen LogP contribution in [0.25, 0.3) is 11.1 Å². The summed E-state index contributed by atoms with van der Waals surface area (Å²) >= 11 is 0. The van der Waals surface area contributed by atoms with Crippen LogP contribution in [0.3, 0.4) is 0 Å². The third-order valence-electron chi connectivity index (χ3n) is 4.72. The molecule has 0 aliphatic carbocycles. The van der Waals surface area contributed by atoms with Gasteiger partial charge in [0.2, 0.25) is 0 Å². The number of ether oxygens (including phenoxy) is 1. The molecular weight excluding hydrogens is 351 g/mol. The van der Waals surface area contributed by atoms with Crippen LogP contribution in [0.15, 0.2) is 54.6 Å². The summed E-state index contributed by atoms with van der Waals surface area (Å²) in [5.41, 5.74) is 3.42. The van der Waals surface area contributed by atoms with Crippen LogP contribution in [0.5, 0.6) is 5.75 Å². The van der Waals surface area contributed by atoms with Crippen LogP contribution < -0.4 is 4.74 Å². The van der Waals surface area contributed by atoms with Gasteiger partial charge in [0.05, 0.1) is 11.6 Å². The zero-order valence-electron chi connectivity index (χ0n) is 14.2. The van der Waals surface area contributed by atoms with Gasteiger partial charge in [-0.15, -0.1) is 0 Å². The SMILES string of the molecule is N#Cc1cccc(-c2ccc3c(c2)CCC(c2cc(F)c(F)cc2F)O3)c1. The van der Waals surface area contributed by atoms with Crippen molar-refractivity contribution in [1.82, 2.24) is 0 Å². The Kier molecular flexibility index (Phi) is 4.33. The molecule has 0 radical (unpaired) electrons. The van der Waals surface area contributed by atoms with Gasteiger partial charge in [-0.05, 0) is 59.9 Å². The van der Waals surface area contributed by atoms with Crippen molar-refractivity contribution >= 4 is 0 Å². The van der Waals surface area contributed by atoms with Crippen LogP contribution in [-0.4, -0.2) is 0 Å². The van der Waals surface area contributed by atoms with E-state index in [1.165, 1.54) is 0 Å². The molecule has 0 saturated heterocycles. The molecule has 3 aromatic rings. The van der Waals surface area contributed by atoms with Crippen molar-refractivity contribution in [2.24, 2.45) is 0 Å². The van der Waals surface area contributed by atoms with Gasteiger partial charge in [0, 0.05) is 11.6 Å². The van der Waals surface area contributed by atoms with Gasteiger partial charge in [0.25, 0.3) is 0 Å². The van der Waals surface area contributed by atoms with E-state index in [1.807, 2.05) is 30.3 Å². The second-order valence-electron chi connectivity index (χ2n) is 6.45. The third-order valence-corrected chi connectivity index (χ3v) is 4.72. The van der Waals surface area contributed by atoms with Crippen molar-refractivity contribution in [3.8, 4) is 22.9 Å². The van der Waals surface area contributed by atoms with E-state index in [9.17, 15) is 13.2 Å². The first-order valence-electron chi connectivity index (χ1n) is 8.49. The van der Waals surface area contributed by atoms with Gasteiger partial charge >= 0.3 is 0 Å². The lowest BCUT2D eigenvalue weighted by molar-refractivity contribution is 0.171. The molecule has 134 valence electrons. The van der Waals surface area contributed by atoms with Gasteiger partial charge in [-0.3, -0.25) is 0 Å². The molecule has 5 heteroatoms. The fraction of sp³-hybridized carbons (Fsp3) is 0.136. The number of nitrogens with zero attached hydrogens (tertiary/aromatic N) is 1. The minimum atomic E-state index is -1.21. The van der Waals surface area contributed by atoms with E-state index >= 15 is 0 Å². The summed E-state index contributed by atoms with van der Waals surface area (Å²) in [4.78, 5) is 0. The van der Waals surface area contributed by atoms with E-state index in [-0.39, 0.29) is 5.56 Å². The first kappa shape index (κ1) is 17.2. The lowest BCUT2D eigenvalue weighted by Gasteiger charge is -2.27. The summed E-state index contributed by atoms with van der Waals surface area (Å²) in [7, 11) is 0. The van der Waals surface area contributed by atoms with Gasteiger partial charge in [-0.25, -0.2) is 13.2 Å². The zero-order chi connectivity index (χ0) is 19.0. The maximum atomic E-state index is 14.0. The lowest BCUT2D eigenvalue weighted by Crippen LogP contribution is -2.17. The minimum absolute atomic E-state index is 0.0188. The molecule has 0 spiro atoms. The van der Waals surface area contributed by atoms with Crippen LogP contribution in [0.1, 0.15) is 29.2 Å². The Morgan fingerprint density at radius 3 is 2.48 bits per heavy atom. The number of rotatable bonds is 2. The quantitative estimate of drug-likeness (QED) is 0.545. The minimum Gasteiger partial charge on any atom is -0.485 e. The van der Waals surface area contributed by atoms with E-state index in [2.05, 4.69) is 6.07 Å². The Bertz CT molecular complexity index is 1070. The van der Waals surface area contributed by atoms with E-state index in [0.717, 1.165) is 22.8 Å². The number of benzene rings is 3. The van der Waals surface area contributed by atoms with Crippen LogP contribution in [0, 0.1) is 28.8 Å². The van der Waals surface area contributed by atoms with Crippen molar-refractivity contribution in [1.29, 1.82) is 5.26 Å². The zero-order valence-corrected chi connectivity index (χ0v) is 14.2. The van der Waals surface area contributed by atoms with Crippen molar-refractivity contribution in [2.75, 3.05) is 0 Å². The van der Waals surface area contributed by atoms with Gasteiger partial charge in [-0.2, -0.15) is 5.26 Å². The van der Waals surface area contributed by atoms with Gasteiger partial charge in [0.15, 0.2) is 11.6 Å². The molecule has 1 unspecified atom stereocenters. The fourth-order valence-electron chi connectivity index (χ4n) is 3.34. The van der Waals surface area contributed by atoms with Crippen molar-refractivity contribution in [3.63, 3.8) is 0 Å². The van der Waals surface area contributed by atoms with Crippen LogP contribution in [0.4, 0.5) is 13.2 Å². The summed E-state index contributed by atoms with van der Waals surface area (Å²) in [6, 6.07) is 16.5. The summed E-state index contributed by atoms with van der Waals surface area (Å²) < 4.78 is 46.5. The normalized spacial score (nSPS) is 15.6. The average molecular weight is 365 g/mol. The highest BCUT2D eigenvalue weighted by atomic mass is 19.2. The maximum Gasteiger partial charge on any atom is 0.161 e. The van der Waals surface area contributed by atoms with Gasteiger partial charge in [-0.1, -0.05) is 18.2 Å². The second-order valence-corrected chi connectivity index (χ2v) is 6.45. The maximum absolute atomic E-state index is 14.0. The molecule has 3 aromatic carbocycles. The monoisotopic (exact) mass is 365 g/mol. The van der Waals surface area contributed by atoms with E-state index in [0.29, 0.717) is 30.2 Å². The third kappa shape index (κ3) is 3.26. The molecule has 0 amide bonds. The molecule has 27 heavy (non-hydrogen) atoms. The predicted molar refractivity (Wildman–Crippen MR) is 94.6 cm³/mol. The molecule has 4 rings (SSSR count). The van der Waals surface area contributed by atoms with Crippen LogP contribution in [0.2, 0.25) is 0 Å². The highest BCUT2D eigenvalue weighted by Gasteiger charge is 2.25. The number of fused-ring (bicyclic) bond motifs is 1. The summed E-state index contributed by atoms with van der Waals surface area (Å²) in [6.45, 7) is 0. The van der Waals surface area contributed by atoms with E-state index in [4.69, 9.17) is 10.00 Å². The molecular formula is C22H14F3NO. The van der Waals surface area contributed by atoms with Crippen molar-refractivity contribution in [3.05, 3.63) is 88.7 Å². The highest BCUT2D eigenvalue weighted by molar-refractivity contribution is 5.67. The summed E-state index contributed by atoms with van der Waals surface area (Å²) in [5, 5.41) is 9.05. The smallest absolute Gasteiger partial charge is 0.161 e. The first-order valence-corrected chi connectivity index (χ1v) is 8.49. The average Bonchev–Trinajstić information content (AvgIpc) is 2.70. The predicted octanol–water partition coefficient (Wildman–Crippen LogP) is 5.71. The number of hydrogen-bond acceptors (Lipinski definition) is 2. The van der Waals surface area contributed by atoms with Gasteiger partial charge < -0.3 is 4.74 Å². The fourth-order valence-corrected chi connectivity index (χ4v) is 3.34. The Balaban J connectivity index is 1.63. The van der Waals surface area contributed by atoms with Crippen molar-refractivity contribution < 1.29 is 17.9 Å². The Labute approximate surface area is 154 Å². The van der Waals surface area contributed by atoms with Crippen LogP contribution in [-0.2, 0) is 6.42 Å². The Hall–Kier alpha value is -3.26. The molecule has 0 fully saturated rings. The topological polar surface area (TPSA) is 33.0 Å². The van der Waals surface area contributed by atoms with Gasteiger partial charge in [0.1, 0.15) is 17.7 Å². The second kappa shape index (κ2) is 6.81. The van der Waals surface area contributed by atoms with E-state index in [1.54, 1.807) is 12.1 Å². The molecule has 1 aliphatic heterocycles. The molecule has 1 heterocycles. The molecule has 0 saturated carbocycles. The van der Waals surface area contributed by atoms with Crippen molar-refractivity contribution in [2.45, 2.75) is 18.9 Å². The summed E-state index contributed by atoms with van der Waals surface area (Å²) in [5.74, 6) is -2.52. The molecule has 1 atom stereocenters. The van der Waals surface area contributed by atoms with E-state index < -0.39 is 23.6 Å². The highest BCUT2D eigenvalue weighted by Crippen LogP contribution is 2.38. The molecule has 0 N–H and O–H groups in total. The lowest BCUT2D eigenvalue weighted by atomic mass is 9.94. The van der Waals surface area contributed by atoms with Crippen LogP contribution >= 0.6 is 0 Å². The molecule has 0 bridgehead atoms. The number of hydrogen-bond donors (Lipinski definition) is 0. The number of aryl methyl sites for hydroxylation is 1. The Morgan fingerprint density at radius 2 is 1.67 bits per heavy atom. The molecule has 0 aromatic heterocycles. The first-order chi connectivity index (χ1) is 13.0. The molecule has 1 aliphatic rings. The largest absolute Gasteiger partial charge is 0.485 e. The molecule has 2 nitrogen and oxygen atoms in total. The number of nitriles is 1. The summed E-state index contributed by atoms with van der Waals surface area (Å²) in [6.07, 6.45) is 0.404. The standard InChI is InChI=1S/C22H14F3NO/c23-18-11-20(25)19(24)10-17(18)22-7-5-16-9-15(4-6-21(16)27-22)14-3-1-2-13(8-14)12-26/h1-4,6,8-11,22H,5,7H2.